The highest BCUT2D eigenvalue weighted by Crippen LogP contribution is 2.05. The van der Waals surface area contributed by atoms with Crippen LogP contribution >= 0.6 is 11.3 Å². The van der Waals surface area contributed by atoms with Gasteiger partial charge in [0.1, 0.15) is 4.88 Å². The van der Waals surface area contributed by atoms with Gasteiger partial charge in [0, 0.05) is 6.54 Å². The van der Waals surface area contributed by atoms with Crippen LogP contribution in [-0.4, -0.2) is 28.5 Å². The fourth-order valence-corrected chi connectivity index (χ4v) is 1.48. The zero-order valence-electron chi connectivity index (χ0n) is 8.27. The predicted octanol–water partition coefficient (Wildman–Crippen LogP) is 0.984. The maximum absolute atomic E-state index is 11.4. The Morgan fingerprint density at radius 1 is 1.67 bits per heavy atom. The van der Waals surface area contributed by atoms with E-state index in [0.717, 1.165) is 0 Å². The SMILES string of the molecule is CC(CCNC(=O)c1cncs1)C(=O)O. The minimum absolute atomic E-state index is 0.199. The number of rotatable bonds is 5. The normalized spacial score (nSPS) is 12.1. The molecule has 82 valence electrons. The summed E-state index contributed by atoms with van der Waals surface area (Å²) >= 11 is 1.26. The first-order valence-corrected chi connectivity index (χ1v) is 5.38. The molecule has 1 amide bonds. The Bertz CT molecular complexity index is 337. The van der Waals surface area contributed by atoms with E-state index in [4.69, 9.17) is 5.11 Å². The largest absolute Gasteiger partial charge is 0.481 e. The van der Waals surface area contributed by atoms with Crippen LogP contribution in [0.5, 0.6) is 0 Å². The van der Waals surface area contributed by atoms with Crippen LogP contribution in [0.15, 0.2) is 11.7 Å². The lowest BCUT2D eigenvalue weighted by molar-refractivity contribution is -0.141. The molecule has 5 nitrogen and oxygen atoms in total. The summed E-state index contributed by atoms with van der Waals surface area (Å²) in [7, 11) is 0. The molecule has 0 saturated heterocycles. The molecule has 2 N–H and O–H groups in total. The third-order valence-electron chi connectivity index (χ3n) is 1.94. The Kier molecular flexibility index (Phi) is 4.23. The third-order valence-corrected chi connectivity index (χ3v) is 2.71. The first-order chi connectivity index (χ1) is 7.11. The second-order valence-corrected chi connectivity index (χ2v) is 4.04. The monoisotopic (exact) mass is 228 g/mol. The van der Waals surface area contributed by atoms with Crippen LogP contribution in [0.1, 0.15) is 23.0 Å². The van der Waals surface area contributed by atoms with Crippen molar-refractivity contribution in [1.82, 2.24) is 10.3 Å². The molecule has 1 heterocycles. The molecule has 15 heavy (non-hydrogen) atoms. The molecular weight excluding hydrogens is 216 g/mol. The molecule has 1 aromatic rings. The summed E-state index contributed by atoms with van der Waals surface area (Å²) in [5, 5.41) is 11.2. The van der Waals surface area contributed by atoms with Crippen molar-refractivity contribution >= 4 is 23.2 Å². The van der Waals surface area contributed by atoms with Gasteiger partial charge in [0.25, 0.3) is 5.91 Å². The minimum atomic E-state index is -0.845. The molecule has 1 unspecified atom stereocenters. The van der Waals surface area contributed by atoms with Gasteiger partial charge in [-0.05, 0) is 6.42 Å². The summed E-state index contributed by atoms with van der Waals surface area (Å²) < 4.78 is 0. The Balaban J connectivity index is 2.27. The number of nitrogens with zero attached hydrogens (tertiary/aromatic N) is 1. The predicted molar refractivity (Wildman–Crippen MR) is 55.9 cm³/mol. The van der Waals surface area contributed by atoms with Crippen molar-refractivity contribution in [3.63, 3.8) is 0 Å². The lowest BCUT2D eigenvalue weighted by Crippen LogP contribution is -2.26. The van der Waals surface area contributed by atoms with Crippen molar-refractivity contribution in [1.29, 1.82) is 0 Å². The molecule has 0 aliphatic carbocycles. The van der Waals surface area contributed by atoms with E-state index in [2.05, 4.69) is 10.3 Å². The summed E-state index contributed by atoms with van der Waals surface area (Å²) in [6, 6.07) is 0. The van der Waals surface area contributed by atoms with E-state index in [1.54, 1.807) is 12.4 Å². The lowest BCUT2D eigenvalue weighted by Gasteiger charge is -2.06. The molecule has 0 aliphatic rings. The van der Waals surface area contributed by atoms with Crippen LogP contribution < -0.4 is 5.32 Å². The molecule has 0 spiro atoms. The van der Waals surface area contributed by atoms with Crippen LogP contribution in [0, 0.1) is 5.92 Å². The van der Waals surface area contributed by atoms with Gasteiger partial charge in [-0.15, -0.1) is 11.3 Å². The highest BCUT2D eigenvalue weighted by Gasteiger charge is 2.11. The summed E-state index contributed by atoms with van der Waals surface area (Å²) in [5.41, 5.74) is 1.58. The number of amides is 1. The van der Waals surface area contributed by atoms with Gasteiger partial charge in [-0.2, -0.15) is 0 Å². The van der Waals surface area contributed by atoms with E-state index >= 15 is 0 Å². The maximum Gasteiger partial charge on any atom is 0.306 e. The van der Waals surface area contributed by atoms with E-state index in [-0.39, 0.29) is 5.91 Å². The lowest BCUT2D eigenvalue weighted by atomic mass is 10.1. The van der Waals surface area contributed by atoms with Crippen molar-refractivity contribution in [2.24, 2.45) is 5.92 Å². The van der Waals surface area contributed by atoms with Crippen molar-refractivity contribution in [2.45, 2.75) is 13.3 Å². The van der Waals surface area contributed by atoms with Gasteiger partial charge in [0.2, 0.25) is 0 Å². The molecule has 0 radical (unpaired) electrons. The zero-order valence-corrected chi connectivity index (χ0v) is 9.08. The number of thiazole rings is 1. The van der Waals surface area contributed by atoms with E-state index in [9.17, 15) is 9.59 Å². The Hall–Kier alpha value is -1.43. The van der Waals surface area contributed by atoms with E-state index < -0.39 is 11.9 Å². The average Bonchev–Trinajstić information content (AvgIpc) is 2.70. The van der Waals surface area contributed by atoms with Crippen LogP contribution in [0.2, 0.25) is 0 Å². The van der Waals surface area contributed by atoms with E-state index in [1.807, 2.05) is 0 Å². The van der Waals surface area contributed by atoms with Gasteiger partial charge >= 0.3 is 5.97 Å². The molecule has 0 aromatic carbocycles. The smallest absolute Gasteiger partial charge is 0.306 e. The topological polar surface area (TPSA) is 79.3 Å². The number of aromatic nitrogens is 1. The second-order valence-electron chi connectivity index (χ2n) is 3.15. The van der Waals surface area contributed by atoms with Gasteiger partial charge in [0.15, 0.2) is 0 Å². The molecule has 0 aliphatic heterocycles. The van der Waals surface area contributed by atoms with Crippen LogP contribution in [0.4, 0.5) is 0 Å². The van der Waals surface area contributed by atoms with Crippen molar-refractivity contribution in [3.05, 3.63) is 16.6 Å². The van der Waals surface area contributed by atoms with Gasteiger partial charge < -0.3 is 10.4 Å². The molecule has 1 rings (SSSR count). The molecule has 0 bridgehead atoms. The summed E-state index contributed by atoms with van der Waals surface area (Å²) in [6.45, 7) is 1.98. The number of carboxylic acids is 1. The van der Waals surface area contributed by atoms with Crippen LogP contribution in [0.3, 0.4) is 0 Å². The number of carbonyl (C=O) groups excluding carboxylic acids is 1. The number of carboxylic acid groups (broad SMARTS) is 1. The highest BCUT2D eigenvalue weighted by molar-refractivity contribution is 7.11. The highest BCUT2D eigenvalue weighted by atomic mass is 32.1. The Morgan fingerprint density at radius 3 is 2.93 bits per heavy atom. The third kappa shape index (κ3) is 3.67. The fraction of sp³-hybridized carbons (Fsp3) is 0.444. The Labute approximate surface area is 91.1 Å². The average molecular weight is 228 g/mol. The van der Waals surface area contributed by atoms with Crippen LogP contribution in [0.25, 0.3) is 0 Å². The van der Waals surface area contributed by atoms with Crippen molar-refractivity contribution in [2.75, 3.05) is 6.54 Å². The van der Waals surface area contributed by atoms with Gasteiger partial charge in [-0.1, -0.05) is 6.92 Å². The zero-order chi connectivity index (χ0) is 11.3. The van der Waals surface area contributed by atoms with E-state index in [0.29, 0.717) is 17.8 Å². The molecule has 0 fully saturated rings. The number of hydrogen-bond acceptors (Lipinski definition) is 4. The standard InChI is InChI=1S/C9H12N2O3S/c1-6(9(13)14)2-3-11-8(12)7-4-10-5-15-7/h4-6H,2-3H2,1H3,(H,11,12)(H,13,14). The number of aliphatic carboxylic acids is 1. The number of carbonyl (C=O) groups is 2. The summed E-state index contributed by atoms with van der Waals surface area (Å²) in [4.78, 5) is 26.2. The number of hydrogen-bond donors (Lipinski definition) is 2. The van der Waals surface area contributed by atoms with Gasteiger partial charge in [0.05, 0.1) is 17.6 Å². The van der Waals surface area contributed by atoms with Crippen molar-refractivity contribution < 1.29 is 14.7 Å². The minimum Gasteiger partial charge on any atom is -0.481 e. The molecule has 6 heteroatoms. The summed E-state index contributed by atoms with van der Waals surface area (Å²) in [5.74, 6) is -1.48. The maximum atomic E-state index is 11.4. The first-order valence-electron chi connectivity index (χ1n) is 4.50. The quantitative estimate of drug-likeness (QED) is 0.787. The summed E-state index contributed by atoms with van der Waals surface area (Å²) in [6.07, 6.45) is 1.92. The number of nitrogens with one attached hydrogen (secondary N) is 1. The molecular formula is C9H12N2O3S. The molecule has 0 saturated carbocycles. The Morgan fingerprint density at radius 2 is 2.40 bits per heavy atom. The second kappa shape index (κ2) is 5.45. The molecule has 1 atom stereocenters. The fourth-order valence-electron chi connectivity index (χ4n) is 0.941. The van der Waals surface area contributed by atoms with Gasteiger partial charge in [-0.25, -0.2) is 0 Å². The van der Waals surface area contributed by atoms with Gasteiger partial charge in [-0.3, -0.25) is 14.6 Å². The molecule has 1 aromatic heterocycles. The van der Waals surface area contributed by atoms with Crippen molar-refractivity contribution in [3.8, 4) is 0 Å². The first kappa shape index (κ1) is 11.6. The van der Waals surface area contributed by atoms with E-state index in [1.165, 1.54) is 17.5 Å². The van der Waals surface area contributed by atoms with Crippen LogP contribution in [-0.2, 0) is 4.79 Å².